The van der Waals surface area contributed by atoms with Gasteiger partial charge in [-0.15, -0.1) is 0 Å². The predicted molar refractivity (Wildman–Crippen MR) is 179 cm³/mol. The molecule has 0 saturated carbocycles. The van der Waals surface area contributed by atoms with Gasteiger partial charge >= 0.3 is 0 Å². The predicted octanol–water partition coefficient (Wildman–Crippen LogP) is 9.40. The molecule has 9 aromatic rings. The van der Waals surface area contributed by atoms with Gasteiger partial charge in [0.1, 0.15) is 11.0 Å². The van der Waals surface area contributed by atoms with Gasteiger partial charge in [-0.1, -0.05) is 115 Å². The van der Waals surface area contributed by atoms with E-state index in [-0.39, 0.29) is 0 Å². The van der Waals surface area contributed by atoms with Crippen molar-refractivity contribution in [3.8, 4) is 33.9 Å². The first-order valence-corrected chi connectivity index (χ1v) is 14.7. The zero-order chi connectivity index (χ0) is 29.0. The molecule has 0 aliphatic heterocycles. The van der Waals surface area contributed by atoms with E-state index in [1.54, 1.807) is 0 Å². The molecule has 0 N–H and O–H groups in total. The van der Waals surface area contributed by atoms with Gasteiger partial charge in [-0.2, -0.15) is 0 Å². The number of aromatic nitrogens is 5. The van der Waals surface area contributed by atoms with E-state index < -0.39 is 0 Å². The van der Waals surface area contributed by atoms with Crippen LogP contribution in [0.15, 0.2) is 152 Å². The van der Waals surface area contributed by atoms with Crippen molar-refractivity contribution in [3.05, 3.63) is 152 Å². The van der Waals surface area contributed by atoms with Crippen LogP contribution in [-0.2, 0) is 0 Å². The van der Waals surface area contributed by atoms with Crippen LogP contribution in [-0.4, -0.2) is 24.1 Å². The first kappa shape index (κ1) is 24.5. The first-order valence-electron chi connectivity index (χ1n) is 14.7. The number of fused-ring (bicyclic) bond motifs is 6. The fraction of sp³-hybridized carbons (Fsp3) is 0. The molecule has 5 nitrogen and oxygen atoms in total. The third kappa shape index (κ3) is 3.76. The molecule has 0 saturated heterocycles. The van der Waals surface area contributed by atoms with Crippen molar-refractivity contribution in [2.75, 3.05) is 0 Å². The largest absolute Gasteiger partial charge is 0.292 e. The Morgan fingerprint density at radius 3 is 1.32 bits per heavy atom. The number of para-hydroxylation sites is 3. The maximum Gasteiger partial charge on any atom is 0.166 e. The van der Waals surface area contributed by atoms with Gasteiger partial charge in [0.2, 0.25) is 0 Å². The second-order valence-corrected chi connectivity index (χ2v) is 10.9. The highest BCUT2D eigenvalue weighted by Gasteiger charge is 2.21. The average molecular weight is 564 g/mol. The minimum atomic E-state index is 0.808. The van der Waals surface area contributed by atoms with Gasteiger partial charge < -0.3 is 0 Å². The second-order valence-electron chi connectivity index (χ2n) is 10.9. The van der Waals surface area contributed by atoms with E-state index in [2.05, 4.69) is 143 Å². The van der Waals surface area contributed by atoms with E-state index in [0.29, 0.717) is 0 Å². The Morgan fingerprint density at radius 1 is 0.364 bits per heavy atom. The number of pyridine rings is 1. The van der Waals surface area contributed by atoms with Crippen LogP contribution in [0.5, 0.6) is 0 Å². The van der Waals surface area contributed by atoms with Crippen LogP contribution in [0, 0.1) is 0 Å². The van der Waals surface area contributed by atoms with Gasteiger partial charge in [0.15, 0.2) is 11.3 Å². The SMILES string of the molecule is c1ccc(-c2cc(-n3c4ccccc4c4nc5c6ccccc6n(-c6ccccc6)c5nc43)cc(-c3ccccc3)n2)cc1. The van der Waals surface area contributed by atoms with E-state index >= 15 is 0 Å². The lowest BCUT2D eigenvalue weighted by molar-refractivity contribution is 1.10. The van der Waals surface area contributed by atoms with Crippen LogP contribution in [0.2, 0.25) is 0 Å². The van der Waals surface area contributed by atoms with Crippen molar-refractivity contribution in [2.24, 2.45) is 0 Å². The van der Waals surface area contributed by atoms with E-state index in [9.17, 15) is 0 Å². The van der Waals surface area contributed by atoms with Crippen LogP contribution < -0.4 is 0 Å². The maximum absolute atomic E-state index is 5.45. The van der Waals surface area contributed by atoms with Gasteiger partial charge in [-0.3, -0.25) is 9.13 Å². The van der Waals surface area contributed by atoms with Gasteiger partial charge in [0.05, 0.1) is 28.1 Å². The summed E-state index contributed by atoms with van der Waals surface area (Å²) in [4.78, 5) is 15.9. The van der Waals surface area contributed by atoms with Crippen molar-refractivity contribution < 1.29 is 0 Å². The van der Waals surface area contributed by atoms with Crippen LogP contribution in [0.1, 0.15) is 0 Å². The normalized spacial score (nSPS) is 11.6. The molecule has 0 atom stereocenters. The molecule has 5 heteroatoms. The highest BCUT2D eigenvalue weighted by molar-refractivity contribution is 6.12. The van der Waals surface area contributed by atoms with E-state index in [4.69, 9.17) is 15.0 Å². The summed E-state index contributed by atoms with van der Waals surface area (Å²) >= 11 is 0. The zero-order valence-corrected chi connectivity index (χ0v) is 23.7. The molecule has 0 bridgehead atoms. The molecular weight excluding hydrogens is 538 g/mol. The maximum atomic E-state index is 5.45. The lowest BCUT2D eigenvalue weighted by Crippen LogP contribution is -2.01. The standard InChI is InChI=1S/C39H25N5/c1-4-14-26(15-5-1)32-24-29(25-33(40-32)27-16-6-2-7-17-27)44-35-23-13-11-21-31(35)37-39(44)42-38-36(41-37)30-20-10-12-22-34(30)43(38)28-18-8-3-9-19-28/h1-25H. The fourth-order valence-corrected chi connectivity index (χ4v) is 6.32. The molecule has 0 aliphatic rings. The van der Waals surface area contributed by atoms with Crippen molar-refractivity contribution in [1.29, 1.82) is 0 Å². The Labute approximate surface area is 253 Å². The minimum Gasteiger partial charge on any atom is -0.292 e. The number of hydrogen-bond acceptors (Lipinski definition) is 3. The Balaban J connectivity index is 1.41. The van der Waals surface area contributed by atoms with Crippen molar-refractivity contribution in [2.45, 2.75) is 0 Å². The summed E-state index contributed by atoms with van der Waals surface area (Å²) in [6.45, 7) is 0. The minimum absolute atomic E-state index is 0.808. The summed E-state index contributed by atoms with van der Waals surface area (Å²) in [5.41, 5.74) is 11.5. The van der Waals surface area contributed by atoms with Crippen LogP contribution in [0.4, 0.5) is 0 Å². The summed E-state index contributed by atoms with van der Waals surface area (Å²) in [7, 11) is 0. The molecule has 4 aromatic heterocycles. The number of rotatable bonds is 4. The monoisotopic (exact) mass is 563 g/mol. The molecule has 5 aromatic carbocycles. The van der Waals surface area contributed by atoms with Crippen molar-refractivity contribution >= 4 is 44.1 Å². The van der Waals surface area contributed by atoms with E-state index in [0.717, 1.165) is 78.0 Å². The smallest absolute Gasteiger partial charge is 0.166 e. The molecule has 0 amide bonds. The molecule has 0 fully saturated rings. The van der Waals surface area contributed by atoms with Crippen LogP contribution >= 0.6 is 0 Å². The van der Waals surface area contributed by atoms with Crippen molar-refractivity contribution in [1.82, 2.24) is 24.1 Å². The van der Waals surface area contributed by atoms with Gasteiger partial charge in [0.25, 0.3) is 0 Å². The Morgan fingerprint density at radius 2 is 0.795 bits per heavy atom. The number of benzene rings is 5. The second kappa shape index (κ2) is 9.75. The quantitative estimate of drug-likeness (QED) is 0.214. The Kier molecular flexibility index (Phi) is 5.43. The molecule has 206 valence electrons. The van der Waals surface area contributed by atoms with Gasteiger partial charge in [0, 0.05) is 27.6 Å². The lowest BCUT2D eigenvalue weighted by atomic mass is 10.1. The molecule has 0 spiro atoms. The van der Waals surface area contributed by atoms with E-state index in [1.807, 2.05) is 18.2 Å². The first-order chi connectivity index (χ1) is 21.8. The molecule has 0 unspecified atom stereocenters. The summed E-state index contributed by atoms with van der Waals surface area (Å²) in [6, 6.07) is 52.3. The summed E-state index contributed by atoms with van der Waals surface area (Å²) in [6.07, 6.45) is 0. The molecule has 44 heavy (non-hydrogen) atoms. The van der Waals surface area contributed by atoms with Crippen molar-refractivity contribution in [3.63, 3.8) is 0 Å². The summed E-state index contributed by atoms with van der Waals surface area (Å²) in [5, 5.41) is 2.15. The Hall–Kier alpha value is -6.07. The molecule has 0 radical (unpaired) electrons. The molecule has 9 rings (SSSR count). The van der Waals surface area contributed by atoms with Crippen LogP contribution in [0.3, 0.4) is 0 Å². The lowest BCUT2D eigenvalue weighted by Gasteiger charge is -2.13. The van der Waals surface area contributed by atoms with E-state index in [1.165, 1.54) is 0 Å². The summed E-state index contributed by atoms with van der Waals surface area (Å²) < 4.78 is 4.46. The van der Waals surface area contributed by atoms with Gasteiger partial charge in [-0.25, -0.2) is 15.0 Å². The third-order valence-corrected chi connectivity index (χ3v) is 8.30. The van der Waals surface area contributed by atoms with Crippen LogP contribution in [0.25, 0.3) is 78.0 Å². The number of hydrogen-bond donors (Lipinski definition) is 0. The third-order valence-electron chi connectivity index (χ3n) is 8.30. The number of nitrogens with zero attached hydrogens (tertiary/aromatic N) is 5. The molecule has 4 heterocycles. The van der Waals surface area contributed by atoms with Gasteiger partial charge in [-0.05, 0) is 36.4 Å². The topological polar surface area (TPSA) is 48.5 Å². The summed E-state index contributed by atoms with van der Waals surface area (Å²) in [5.74, 6) is 0. The Bertz CT molecular complexity index is 2420. The fourth-order valence-electron chi connectivity index (χ4n) is 6.32. The highest BCUT2D eigenvalue weighted by atomic mass is 15.1. The molecule has 0 aliphatic carbocycles. The highest BCUT2D eigenvalue weighted by Crippen LogP contribution is 2.37. The molecular formula is C39H25N5. The average Bonchev–Trinajstić information content (AvgIpc) is 3.60. The zero-order valence-electron chi connectivity index (χ0n) is 23.7.